The fourth-order valence-corrected chi connectivity index (χ4v) is 1.24. The van der Waals surface area contributed by atoms with E-state index in [2.05, 4.69) is 35.4 Å². The monoisotopic (exact) mass is 267 g/mol. The number of hydrogen-bond donors (Lipinski definition) is 0. The third-order valence-electron chi connectivity index (χ3n) is 2.18. The summed E-state index contributed by atoms with van der Waals surface area (Å²) in [5, 5.41) is 4.11. The maximum atomic E-state index is 10.4. The molecule has 19 heavy (non-hydrogen) atoms. The molecule has 1 aromatic rings. The summed E-state index contributed by atoms with van der Waals surface area (Å²) in [6, 6.07) is 1.95. The Hall–Kier alpha value is -1.62. The third-order valence-corrected chi connectivity index (χ3v) is 2.18. The molecule has 0 atom stereocenters. The van der Waals surface area contributed by atoms with Crippen molar-refractivity contribution in [2.75, 3.05) is 27.2 Å². The van der Waals surface area contributed by atoms with Crippen LogP contribution in [0.2, 0.25) is 0 Å². The molecular weight excluding hydrogens is 242 g/mol. The number of carbonyl (C=O) groups excluding carboxylic acids is 1. The van der Waals surface area contributed by atoms with Crippen LogP contribution in [0, 0.1) is 0 Å². The standard InChI is InChI=1S/C8H15N3.C6H10O2/c1-10(2)6-4-8-11-7-3-5-9-11;1-4-8-6(7)5(2)3/h3,5,7H,4,6,8H2,1-2H3;2,4H2,1,3H3. The van der Waals surface area contributed by atoms with E-state index in [1.807, 2.05) is 23.1 Å². The van der Waals surface area contributed by atoms with Gasteiger partial charge in [0.25, 0.3) is 0 Å². The Bertz CT molecular complexity index is 359. The van der Waals surface area contributed by atoms with E-state index in [1.165, 1.54) is 0 Å². The molecule has 0 spiro atoms. The van der Waals surface area contributed by atoms with Gasteiger partial charge in [-0.1, -0.05) is 6.58 Å². The molecule has 0 radical (unpaired) electrons. The molecule has 0 saturated heterocycles. The van der Waals surface area contributed by atoms with Crippen molar-refractivity contribution in [3.05, 3.63) is 30.6 Å². The summed E-state index contributed by atoms with van der Waals surface area (Å²) >= 11 is 0. The van der Waals surface area contributed by atoms with E-state index in [0.29, 0.717) is 12.2 Å². The zero-order chi connectivity index (χ0) is 14.7. The summed E-state index contributed by atoms with van der Waals surface area (Å²) in [5.41, 5.74) is 0.451. The van der Waals surface area contributed by atoms with Gasteiger partial charge >= 0.3 is 5.97 Å². The van der Waals surface area contributed by atoms with Crippen molar-refractivity contribution < 1.29 is 9.53 Å². The molecule has 0 aromatic carbocycles. The maximum absolute atomic E-state index is 10.4. The first-order valence-electron chi connectivity index (χ1n) is 6.42. The second-order valence-electron chi connectivity index (χ2n) is 4.43. The lowest BCUT2D eigenvalue weighted by atomic mass is 10.4. The van der Waals surface area contributed by atoms with Crippen LogP contribution in [-0.2, 0) is 16.1 Å². The van der Waals surface area contributed by atoms with Crippen molar-refractivity contribution in [1.82, 2.24) is 14.7 Å². The minimum atomic E-state index is -0.312. The van der Waals surface area contributed by atoms with Crippen LogP contribution < -0.4 is 0 Å². The van der Waals surface area contributed by atoms with Crippen molar-refractivity contribution in [3.8, 4) is 0 Å². The number of aryl methyl sites for hydroxylation is 1. The minimum absolute atomic E-state index is 0.312. The van der Waals surface area contributed by atoms with E-state index in [9.17, 15) is 4.79 Å². The van der Waals surface area contributed by atoms with Gasteiger partial charge in [-0.2, -0.15) is 5.10 Å². The number of aromatic nitrogens is 2. The van der Waals surface area contributed by atoms with Gasteiger partial charge in [-0.25, -0.2) is 4.79 Å². The van der Waals surface area contributed by atoms with Crippen molar-refractivity contribution in [2.45, 2.75) is 26.8 Å². The summed E-state index contributed by atoms with van der Waals surface area (Å²) in [5.74, 6) is -0.312. The second-order valence-corrected chi connectivity index (χ2v) is 4.43. The zero-order valence-electron chi connectivity index (χ0n) is 12.4. The van der Waals surface area contributed by atoms with Gasteiger partial charge in [-0.05, 0) is 47.0 Å². The van der Waals surface area contributed by atoms with Crippen LogP contribution in [0.4, 0.5) is 0 Å². The van der Waals surface area contributed by atoms with Crippen LogP contribution in [-0.4, -0.2) is 47.9 Å². The van der Waals surface area contributed by atoms with Crippen LogP contribution in [0.3, 0.4) is 0 Å². The summed E-state index contributed by atoms with van der Waals surface area (Å²) in [7, 11) is 4.17. The van der Waals surface area contributed by atoms with Gasteiger partial charge in [0.05, 0.1) is 6.61 Å². The predicted octanol–water partition coefficient (Wildman–Crippen LogP) is 1.96. The minimum Gasteiger partial charge on any atom is -0.463 e. The third kappa shape index (κ3) is 10.0. The largest absolute Gasteiger partial charge is 0.463 e. The molecule has 0 amide bonds. The van der Waals surface area contributed by atoms with E-state index in [1.54, 1.807) is 13.8 Å². The summed E-state index contributed by atoms with van der Waals surface area (Å²) in [4.78, 5) is 12.6. The van der Waals surface area contributed by atoms with Crippen LogP contribution >= 0.6 is 0 Å². The molecule has 1 aromatic heterocycles. The molecule has 0 unspecified atom stereocenters. The molecule has 0 saturated carbocycles. The maximum Gasteiger partial charge on any atom is 0.333 e. The number of nitrogens with zero attached hydrogens (tertiary/aromatic N) is 3. The summed E-state index contributed by atoms with van der Waals surface area (Å²) < 4.78 is 6.53. The smallest absolute Gasteiger partial charge is 0.333 e. The molecule has 0 bridgehead atoms. The Morgan fingerprint density at radius 2 is 2.16 bits per heavy atom. The average Bonchev–Trinajstić information content (AvgIpc) is 2.82. The van der Waals surface area contributed by atoms with Gasteiger partial charge in [0.1, 0.15) is 0 Å². The van der Waals surface area contributed by atoms with Gasteiger partial charge < -0.3 is 9.64 Å². The lowest BCUT2D eigenvalue weighted by molar-refractivity contribution is -0.138. The quantitative estimate of drug-likeness (QED) is 0.584. The van der Waals surface area contributed by atoms with E-state index in [4.69, 9.17) is 0 Å². The van der Waals surface area contributed by atoms with E-state index in [-0.39, 0.29) is 5.97 Å². The van der Waals surface area contributed by atoms with E-state index >= 15 is 0 Å². The Kier molecular flexibility index (Phi) is 9.44. The molecule has 0 aliphatic heterocycles. The average molecular weight is 267 g/mol. The Labute approximate surface area is 115 Å². The van der Waals surface area contributed by atoms with E-state index in [0.717, 1.165) is 19.5 Å². The molecule has 5 nitrogen and oxygen atoms in total. The van der Waals surface area contributed by atoms with Crippen LogP contribution in [0.15, 0.2) is 30.6 Å². The molecule has 1 heterocycles. The predicted molar refractivity (Wildman–Crippen MR) is 76.8 cm³/mol. The van der Waals surface area contributed by atoms with Gasteiger partial charge in [0.2, 0.25) is 0 Å². The summed E-state index contributed by atoms with van der Waals surface area (Å²) in [6.07, 6.45) is 4.97. The zero-order valence-corrected chi connectivity index (χ0v) is 12.4. The van der Waals surface area contributed by atoms with Crippen LogP contribution in [0.25, 0.3) is 0 Å². The highest BCUT2D eigenvalue weighted by molar-refractivity contribution is 5.86. The second kappa shape index (κ2) is 10.3. The van der Waals surface area contributed by atoms with Gasteiger partial charge in [0, 0.05) is 24.5 Å². The first-order chi connectivity index (χ1) is 8.97. The lowest BCUT2D eigenvalue weighted by Crippen LogP contribution is -2.15. The van der Waals surface area contributed by atoms with Crippen molar-refractivity contribution >= 4 is 5.97 Å². The van der Waals surface area contributed by atoms with Crippen LogP contribution in [0.5, 0.6) is 0 Å². The number of ether oxygens (including phenoxy) is 1. The highest BCUT2D eigenvalue weighted by Gasteiger charge is 1.98. The Balaban J connectivity index is 0.000000362. The first kappa shape index (κ1) is 17.4. The summed E-state index contributed by atoms with van der Waals surface area (Å²) in [6.45, 7) is 9.35. The molecular formula is C14H25N3O2. The lowest BCUT2D eigenvalue weighted by Gasteiger charge is -2.08. The Morgan fingerprint density at radius 1 is 1.47 bits per heavy atom. The fourth-order valence-electron chi connectivity index (χ4n) is 1.24. The van der Waals surface area contributed by atoms with Gasteiger partial charge in [-0.15, -0.1) is 0 Å². The van der Waals surface area contributed by atoms with Gasteiger partial charge in [-0.3, -0.25) is 4.68 Å². The number of carbonyl (C=O) groups is 1. The molecule has 5 heteroatoms. The molecule has 0 aliphatic rings. The molecule has 0 fully saturated rings. The topological polar surface area (TPSA) is 47.4 Å². The molecule has 0 N–H and O–H groups in total. The Morgan fingerprint density at radius 3 is 2.53 bits per heavy atom. The molecule has 0 aliphatic carbocycles. The highest BCUT2D eigenvalue weighted by Crippen LogP contribution is 1.90. The van der Waals surface area contributed by atoms with Crippen LogP contribution in [0.1, 0.15) is 20.3 Å². The van der Waals surface area contributed by atoms with Gasteiger partial charge in [0.15, 0.2) is 0 Å². The number of hydrogen-bond acceptors (Lipinski definition) is 4. The molecule has 108 valence electrons. The fraction of sp³-hybridized carbons (Fsp3) is 0.571. The highest BCUT2D eigenvalue weighted by atomic mass is 16.5. The first-order valence-corrected chi connectivity index (χ1v) is 6.42. The molecule has 1 rings (SSSR count). The SMILES string of the molecule is C=C(C)C(=O)OCC.CN(C)CCCn1cccn1. The van der Waals surface area contributed by atoms with Crippen molar-refractivity contribution in [2.24, 2.45) is 0 Å². The van der Waals surface area contributed by atoms with Crippen molar-refractivity contribution in [3.63, 3.8) is 0 Å². The van der Waals surface area contributed by atoms with E-state index < -0.39 is 0 Å². The van der Waals surface area contributed by atoms with Crippen molar-refractivity contribution in [1.29, 1.82) is 0 Å². The number of rotatable bonds is 6. The number of esters is 1. The normalized spacial score (nSPS) is 9.74.